The van der Waals surface area contributed by atoms with E-state index >= 15 is 0 Å². The van der Waals surface area contributed by atoms with Crippen LogP contribution in [0.1, 0.15) is 32.1 Å². The second kappa shape index (κ2) is 7.52. The number of nitrogens with one attached hydrogen (secondary N) is 1. The molecule has 7 heteroatoms. The Morgan fingerprint density at radius 2 is 1.74 bits per heavy atom. The number of aryl methyl sites for hydroxylation is 2. The lowest BCUT2D eigenvalue weighted by Gasteiger charge is -2.08. The van der Waals surface area contributed by atoms with Gasteiger partial charge in [-0.3, -0.25) is 4.79 Å². The van der Waals surface area contributed by atoms with Crippen LogP contribution in [0.5, 0.6) is 0 Å². The minimum absolute atomic E-state index is 0.185. The molecule has 3 aromatic rings. The number of alkyl halides is 3. The fourth-order valence-electron chi connectivity index (χ4n) is 2.59. The normalized spacial score (nSPS) is 11.4. The number of halogens is 3. The highest BCUT2D eigenvalue weighted by Gasteiger charge is 2.30. The lowest BCUT2D eigenvalue weighted by molar-refractivity contribution is -0.137. The maximum atomic E-state index is 12.6. The fraction of sp³-hybridized carbons (Fsp3) is 0.200. The molecule has 0 atom stereocenters. The first-order valence-electron chi connectivity index (χ1n) is 8.23. The van der Waals surface area contributed by atoms with Crippen LogP contribution < -0.4 is 5.32 Å². The predicted octanol–water partition coefficient (Wildman–Crippen LogP) is 5.38. The number of aromatic nitrogens is 1. The SMILES string of the molecule is Cc1ccccc1-c1nc(C)c(CNC(=O)c2ccc(C(F)(F)F)cc2)s1. The maximum Gasteiger partial charge on any atom is 0.416 e. The lowest BCUT2D eigenvalue weighted by atomic mass is 10.1. The van der Waals surface area contributed by atoms with Crippen molar-refractivity contribution in [2.45, 2.75) is 26.6 Å². The predicted molar refractivity (Wildman–Crippen MR) is 99.6 cm³/mol. The first kappa shape index (κ1) is 19.1. The van der Waals surface area contributed by atoms with Crippen LogP contribution >= 0.6 is 11.3 Å². The second-order valence-electron chi connectivity index (χ2n) is 6.10. The number of nitrogens with zero attached hydrogens (tertiary/aromatic N) is 1. The molecule has 0 unspecified atom stereocenters. The van der Waals surface area contributed by atoms with Gasteiger partial charge in [-0.2, -0.15) is 13.2 Å². The number of benzene rings is 2. The summed E-state index contributed by atoms with van der Waals surface area (Å²) in [7, 11) is 0. The van der Waals surface area contributed by atoms with Crippen molar-refractivity contribution in [1.29, 1.82) is 0 Å². The third-order valence-electron chi connectivity index (χ3n) is 4.15. The van der Waals surface area contributed by atoms with Crippen molar-refractivity contribution in [3.63, 3.8) is 0 Å². The van der Waals surface area contributed by atoms with Crippen LogP contribution in [0.2, 0.25) is 0 Å². The third-order valence-corrected chi connectivity index (χ3v) is 5.34. The van der Waals surface area contributed by atoms with Crippen LogP contribution in [-0.4, -0.2) is 10.9 Å². The van der Waals surface area contributed by atoms with Crippen molar-refractivity contribution in [3.05, 3.63) is 75.8 Å². The number of hydrogen-bond donors (Lipinski definition) is 1. The number of carbonyl (C=O) groups is 1. The van der Waals surface area contributed by atoms with Gasteiger partial charge in [0.1, 0.15) is 5.01 Å². The van der Waals surface area contributed by atoms with Gasteiger partial charge in [0.05, 0.1) is 17.8 Å². The van der Waals surface area contributed by atoms with E-state index in [0.717, 1.165) is 38.8 Å². The summed E-state index contributed by atoms with van der Waals surface area (Å²) in [6, 6.07) is 12.1. The van der Waals surface area contributed by atoms with Crippen molar-refractivity contribution in [1.82, 2.24) is 10.3 Å². The van der Waals surface area contributed by atoms with E-state index in [-0.39, 0.29) is 12.1 Å². The number of rotatable bonds is 4. The third kappa shape index (κ3) is 4.36. The van der Waals surface area contributed by atoms with Gasteiger partial charge in [0, 0.05) is 16.0 Å². The van der Waals surface area contributed by atoms with Gasteiger partial charge in [0.25, 0.3) is 5.91 Å². The molecule has 1 amide bonds. The van der Waals surface area contributed by atoms with Gasteiger partial charge >= 0.3 is 6.18 Å². The van der Waals surface area contributed by atoms with Crippen molar-refractivity contribution in [3.8, 4) is 10.6 Å². The van der Waals surface area contributed by atoms with Crippen LogP contribution in [0.25, 0.3) is 10.6 Å². The largest absolute Gasteiger partial charge is 0.416 e. The highest BCUT2D eigenvalue weighted by molar-refractivity contribution is 7.15. The monoisotopic (exact) mass is 390 g/mol. The van der Waals surface area contributed by atoms with Crippen LogP contribution in [0.4, 0.5) is 13.2 Å². The van der Waals surface area contributed by atoms with Gasteiger partial charge in [0.2, 0.25) is 0 Å². The topological polar surface area (TPSA) is 42.0 Å². The zero-order valence-electron chi connectivity index (χ0n) is 14.7. The van der Waals surface area contributed by atoms with E-state index in [1.54, 1.807) is 0 Å². The highest BCUT2D eigenvalue weighted by atomic mass is 32.1. The minimum Gasteiger partial charge on any atom is -0.347 e. The molecule has 3 rings (SSSR count). The molecule has 0 aliphatic heterocycles. The molecule has 0 radical (unpaired) electrons. The minimum atomic E-state index is -4.42. The molecule has 3 nitrogen and oxygen atoms in total. The van der Waals surface area contributed by atoms with Crippen molar-refractivity contribution in [2.75, 3.05) is 0 Å². The molecule has 0 fully saturated rings. The Kier molecular flexibility index (Phi) is 5.32. The summed E-state index contributed by atoms with van der Waals surface area (Å²) >= 11 is 1.50. The second-order valence-corrected chi connectivity index (χ2v) is 7.18. The molecule has 140 valence electrons. The average molecular weight is 390 g/mol. The Balaban J connectivity index is 1.70. The molecule has 0 aliphatic rings. The van der Waals surface area contributed by atoms with E-state index in [4.69, 9.17) is 0 Å². The summed E-state index contributed by atoms with van der Waals surface area (Å²) in [6.07, 6.45) is -4.42. The highest BCUT2D eigenvalue weighted by Crippen LogP contribution is 2.30. The quantitative estimate of drug-likeness (QED) is 0.650. The van der Waals surface area contributed by atoms with Crippen LogP contribution in [-0.2, 0) is 12.7 Å². The number of hydrogen-bond acceptors (Lipinski definition) is 3. The van der Waals surface area contributed by atoms with Crippen molar-refractivity contribution >= 4 is 17.2 Å². The zero-order chi connectivity index (χ0) is 19.6. The maximum absolute atomic E-state index is 12.6. The van der Waals surface area contributed by atoms with Gasteiger partial charge in [0.15, 0.2) is 0 Å². The van der Waals surface area contributed by atoms with Crippen LogP contribution in [0.15, 0.2) is 48.5 Å². The summed E-state index contributed by atoms with van der Waals surface area (Å²) in [5.41, 5.74) is 2.40. The van der Waals surface area contributed by atoms with Gasteiger partial charge < -0.3 is 5.32 Å². The number of thiazole rings is 1. The van der Waals surface area contributed by atoms with Gasteiger partial charge in [-0.15, -0.1) is 11.3 Å². The summed E-state index contributed by atoms with van der Waals surface area (Å²) in [6.45, 7) is 4.16. The van der Waals surface area contributed by atoms with E-state index in [0.29, 0.717) is 0 Å². The number of carbonyl (C=O) groups excluding carboxylic acids is 1. The zero-order valence-corrected chi connectivity index (χ0v) is 15.5. The molecule has 1 aromatic heterocycles. The van der Waals surface area contributed by atoms with E-state index in [1.807, 2.05) is 38.1 Å². The first-order chi connectivity index (χ1) is 12.8. The molecule has 0 spiro atoms. The number of amides is 1. The smallest absolute Gasteiger partial charge is 0.347 e. The molecule has 0 bridgehead atoms. The van der Waals surface area contributed by atoms with E-state index in [2.05, 4.69) is 10.3 Å². The molecular formula is C20H17F3N2OS. The Bertz CT molecular complexity index is 962. The van der Waals surface area contributed by atoms with Crippen molar-refractivity contribution < 1.29 is 18.0 Å². The standard InChI is InChI=1S/C20H17F3N2OS/c1-12-5-3-4-6-16(12)19-25-13(2)17(27-19)11-24-18(26)14-7-9-15(10-8-14)20(21,22)23/h3-10H,11H2,1-2H3,(H,24,26). The molecule has 1 heterocycles. The summed E-state index contributed by atoms with van der Waals surface area (Å²) < 4.78 is 37.8. The Morgan fingerprint density at radius 3 is 2.37 bits per heavy atom. The van der Waals surface area contributed by atoms with Gasteiger partial charge in [-0.05, 0) is 43.7 Å². The molecular weight excluding hydrogens is 373 g/mol. The molecule has 2 aromatic carbocycles. The molecule has 27 heavy (non-hydrogen) atoms. The lowest BCUT2D eigenvalue weighted by Crippen LogP contribution is -2.22. The average Bonchev–Trinajstić information content (AvgIpc) is 3.00. The molecule has 0 saturated heterocycles. The molecule has 0 saturated carbocycles. The summed E-state index contributed by atoms with van der Waals surface area (Å²) in [5, 5.41) is 3.62. The fourth-order valence-corrected chi connectivity index (χ4v) is 3.69. The van der Waals surface area contributed by atoms with E-state index in [9.17, 15) is 18.0 Å². The van der Waals surface area contributed by atoms with Gasteiger partial charge in [-0.25, -0.2) is 4.98 Å². The Hall–Kier alpha value is -2.67. The summed E-state index contributed by atoms with van der Waals surface area (Å²) in [5.74, 6) is -0.422. The van der Waals surface area contributed by atoms with Crippen LogP contribution in [0, 0.1) is 13.8 Å². The van der Waals surface area contributed by atoms with Crippen molar-refractivity contribution in [2.24, 2.45) is 0 Å². The summed E-state index contributed by atoms with van der Waals surface area (Å²) in [4.78, 5) is 17.7. The Labute approximate surface area is 158 Å². The Morgan fingerprint density at radius 1 is 1.07 bits per heavy atom. The van der Waals surface area contributed by atoms with E-state index in [1.165, 1.54) is 23.5 Å². The van der Waals surface area contributed by atoms with Gasteiger partial charge in [-0.1, -0.05) is 24.3 Å². The first-order valence-corrected chi connectivity index (χ1v) is 9.05. The van der Waals surface area contributed by atoms with E-state index < -0.39 is 17.6 Å². The molecule has 0 aliphatic carbocycles. The molecule has 1 N–H and O–H groups in total. The van der Waals surface area contributed by atoms with Crippen LogP contribution in [0.3, 0.4) is 0 Å².